The molecule has 166 valence electrons. The van der Waals surface area contributed by atoms with Crippen molar-refractivity contribution < 1.29 is 23.1 Å². The van der Waals surface area contributed by atoms with Crippen molar-refractivity contribution in [2.45, 2.75) is 4.90 Å². The van der Waals surface area contributed by atoms with E-state index in [0.717, 1.165) is 18.2 Å². The Bertz CT molecular complexity index is 1490. The third-order valence-corrected chi connectivity index (χ3v) is 6.27. The van der Waals surface area contributed by atoms with Crippen LogP contribution in [0.25, 0.3) is 22.2 Å². The number of sulfonamides is 1. The molecule has 0 saturated carbocycles. The van der Waals surface area contributed by atoms with Crippen LogP contribution in [0.4, 0.5) is 0 Å². The Hall–Kier alpha value is -3.86. The summed E-state index contributed by atoms with van der Waals surface area (Å²) in [5.74, 6) is -2.11. The van der Waals surface area contributed by atoms with E-state index in [1.807, 2.05) is 4.83 Å². The second-order valence-corrected chi connectivity index (χ2v) is 8.91. The van der Waals surface area contributed by atoms with Gasteiger partial charge in [0, 0.05) is 23.3 Å². The van der Waals surface area contributed by atoms with Crippen molar-refractivity contribution in [3.8, 4) is 11.3 Å². The zero-order valence-electron chi connectivity index (χ0n) is 16.7. The zero-order valence-corrected chi connectivity index (χ0v) is 18.3. The van der Waals surface area contributed by atoms with E-state index in [1.165, 1.54) is 6.07 Å². The SMILES string of the molecule is O=C(O)c1cc(S(=O)(=O)NNC(=O)c2cc(-c3cccnc3)nc3ccccc23)ccc1Cl. The van der Waals surface area contributed by atoms with Gasteiger partial charge in [0.25, 0.3) is 15.9 Å². The molecule has 1 amide bonds. The van der Waals surface area contributed by atoms with E-state index in [-0.39, 0.29) is 21.0 Å². The van der Waals surface area contributed by atoms with E-state index in [0.29, 0.717) is 22.2 Å². The highest BCUT2D eigenvalue weighted by atomic mass is 35.5. The summed E-state index contributed by atoms with van der Waals surface area (Å²) in [5.41, 5.74) is 3.68. The Labute approximate surface area is 193 Å². The lowest BCUT2D eigenvalue weighted by Crippen LogP contribution is -2.41. The third kappa shape index (κ3) is 4.67. The number of hydrogen-bond donors (Lipinski definition) is 3. The smallest absolute Gasteiger partial charge is 0.337 e. The molecule has 4 aromatic rings. The summed E-state index contributed by atoms with van der Waals surface area (Å²) in [7, 11) is -4.28. The van der Waals surface area contributed by atoms with Crippen LogP contribution in [0.15, 0.2) is 78.0 Å². The predicted octanol–water partition coefficient (Wildman–Crippen LogP) is 3.27. The van der Waals surface area contributed by atoms with E-state index < -0.39 is 21.9 Å². The van der Waals surface area contributed by atoms with E-state index in [9.17, 15) is 18.0 Å². The minimum atomic E-state index is -4.28. The predicted molar refractivity (Wildman–Crippen MR) is 121 cm³/mol. The second-order valence-electron chi connectivity index (χ2n) is 6.82. The molecule has 0 aliphatic carbocycles. The van der Waals surface area contributed by atoms with Gasteiger partial charge in [-0.3, -0.25) is 15.2 Å². The van der Waals surface area contributed by atoms with E-state index in [1.54, 1.807) is 48.8 Å². The lowest BCUT2D eigenvalue weighted by atomic mass is 10.0. The molecule has 0 fully saturated rings. The van der Waals surface area contributed by atoms with Gasteiger partial charge in [-0.2, -0.15) is 0 Å². The number of fused-ring (bicyclic) bond motifs is 1. The summed E-state index contributed by atoms with van der Waals surface area (Å²) in [5, 5.41) is 9.56. The molecular weight excluding hydrogens is 468 g/mol. The van der Waals surface area contributed by atoms with Gasteiger partial charge in [0.05, 0.1) is 32.3 Å². The normalized spacial score (nSPS) is 11.3. The first-order valence-electron chi connectivity index (χ1n) is 9.41. The van der Waals surface area contributed by atoms with Gasteiger partial charge in [0.1, 0.15) is 0 Å². The Balaban J connectivity index is 1.66. The summed E-state index contributed by atoms with van der Waals surface area (Å²) in [6.07, 6.45) is 3.21. The molecule has 0 aliphatic rings. The minimum absolute atomic E-state index is 0.114. The van der Waals surface area contributed by atoms with Crippen molar-refractivity contribution in [2.75, 3.05) is 0 Å². The highest BCUT2D eigenvalue weighted by Gasteiger charge is 2.21. The molecule has 33 heavy (non-hydrogen) atoms. The van der Waals surface area contributed by atoms with Gasteiger partial charge in [-0.1, -0.05) is 29.8 Å². The number of hydrazine groups is 1. The van der Waals surface area contributed by atoms with Crippen molar-refractivity contribution in [1.82, 2.24) is 20.2 Å². The molecule has 3 N–H and O–H groups in total. The molecule has 11 heteroatoms. The maximum absolute atomic E-state index is 13.0. The highest BCUT2D eigenvalue weighted by Crippen LogP contribution is 2.24. The van der Waals surface area contributed by atoms with Gasteiger partial charge < -0.3 is 5.11 Å². The number of hydrogen-bond acceptors (Lipinski definition) is 6. The Morgan fingerprint density at radius 3 is 2.48 bits per heavy atom. The summed E-state index contributed by atoms with van der Waals surface area (Å²) in [6, 6.07) is 15.2. The number of amides is 1. The van der Waals surface area contributed by atoms with Crippen LogP contribution in [0, 0.1) is 0 Å². The minimum Gasteiger partial charge on any atom is -0.478 e. The Morgan fingerprint density at radius 1 is 0.970 bits per heavy atom. The van der Waals surface area contributed by atoms with Crippen LogP contribution < -0.4 is 10.3 Å². The van der Waals surface area contributed by atoms with E-state index in [2.05, 4.69) is 15.4 Å². The fourth-order valence-electron chi connectivity index (χ4n) is 3.10. The lowest BCUT2D eigenvalue weighted by molar-refractivity contribution is 0.0696. The van der Waals surface area contributed by atoms with Crippen LogP contribution in [0.1, 0.15) is 20.7 Å². The van der Waals surface area contributed by atoms with Crippen LogP contribution >= 0.6 is 11.6 Å². The Morgan fingerprint density at radius 2 is 1.76 bits per heavy atom. The quantitative estimate of drug-likeness (QED) is 0.358. The van der Waals surface area contributed by atoms with Crippen LogP contribution in [0.3, 0.4) is 0 Å². The van der Waals surface area contributed by atoms with E-state index in [4.69, 9.17) is 16.7 Å². The number of carbonyl (C=O) groups excluding carboxylic acids is 1. The summed E-state index contributed by atoms with van der Waals surface area (Å²) in [6.45, 7) is 0. The summed E-state index contributed by atoms with van der Waals surface area (Å²) in [4.78, 5) is 34.4. The fourth-order valence-corrected chi connectivity index (χ4v) is 4.16. The van der Waals surface area contributed by atoms with Crippen LogP contribution in [-0.2, 0) is 10.0 Å². The van der Waals surface area contributed by atoms with Crippen molar-refractivity contribution in [1.29, 1.82) is 0 Å². The molecular formula is C22H15ClN4O5S. The standard InChI is InChI=1S/C22H15ClN4O5S/c23-18-8-7-14(10-17(18)22(29)30)33(31,32)27-26-21(28)16-11-20(13-4-3-9-24-12-13)25-19-6-2-1-5-15(16)19/h1-12,27H,(H,26,28)(H,29,30). The lowest BCUT2D eigenvalue weighted by Gasteiger charge is -2.12. The number of nitrogens with zero attached hydrogens (tertiary/aromatic N) is 2. The maximum Gasteiger partial charge on any atom is 0.337 e. The van der Waals surface area contributed by atoms with E-state index >= 15 is 0 Å². The summed E-state index contributed by atoms with van der Waals surface area (Å²) < 4.78 is 25.2. The number of pyridine rings is 2. The average Bonchev–Trinajstić information content (AvgIpc) is 2.82. The number of carboxylic acid groups (broad SMARTS) is 1. The highest BCUT2D eigenvalue weighted by molar-refractivity contribution is 7.89. The number of carboxylic acids is 1. The van der Waals surface area contributed by atoms with Crippen molar-refractivity contribution in [2.24, 2.45) is 0 Å². The number of para-hydroxylation sites is 1. The van der Waals surface area contributed by atoms with Gasteiger partial charge in [0.15, 0.2) is 0 Å². The van der Waals surface area contributed by atoms with Crippen molar-refractivity contribution in [3.63, 3.8) is 0 Å². The van der Waals surface area contributed by atoms with Gasteiger partial charge in [0.2, 0.25) is 0 Å². The van der Waals surface area contributed by atoms with Gasteiger partial charge in [-0.25, -0.2) is 18.2 Å². The number of aromatic carboxylic acids is 1. The number of nitrogens with one attached hydrogen (secondary N) is 2. The first-order chi connectivity index (χ1) is 15.8. The molecule has 0 bridgehead atoms. The number of benzene rings is 2. The molecule has 0 atom stereocenters. The summed E-state index contributed by atoms with van der Waals surface area (Å²) >= 11 is 5.79. The van der Waals surface area contributed by atoms with Gasteiger partial charge >= 0.3 is 5.97 Å². The molecule has 0 unspecified atom stereocenters. The topological polar surface area (TPSA) is 138 Å². The molecule has 0 aliphatic heterocycles. The molecule has 2 aromatic heterocycles. The third-order valence-electron chi connectivity index (χ3n) is 4.70. The largest absolute Gasteiger partial charge is 0.478 e. The number of halogens is 1. The van der Waals surface area contributed by atoms with Crippen LogP contribution in [-0.4, -0.2) is 35.4 Å². The fraction of sp³-hybridized carbons (Fsp3) is 0. The molecule has 0 saturated heterocycles. The van der Waals surface area contributed by atoms with Crippen molar-refractivity contribution >= 4 is 44.4 Å². The van der Waals surface area contributed by atoms with Crippen molar-refractivity contribution in [3.05, 3.63) is 89.2 Å². The molecule has 9 nitrogen and oxygen atoms in total. The second kappa shape index (κ2) is 8.94. The maximum atomic E-state index is 13.0. The average molecular weight is 483 g/mol. The molecule has 0 radical (unpaired) electrons. The molecule has 0 spiro atoms. The monoisotopic (exact) mass is 482 g/mol. The molecule has 4 rings (SSSR count). The first kappa shape index (κ1) is 22.3. The number of aromatic nitrogens is 2. The molecule has 2 heterocycles. The first-order valence-corrected chi connectivity index (χ1v) is 11.3. The van der Waals surface area contributed by atoms with Crippen LogP contribution in [0.2, 0.25) is 5.02 Å². The zero-order chi connectivity index (χ0) is 23.6. The van der Waals surface area contributed by atoms with Gasteiger partial charge in [-0.15, -0.1) is 4.83 Å². The molecule has 2 aromatic carbocycles. The van der Waals surface area contributed by atoms with Crippen LogP contribution in [0.5, 0.6) is 0 Å². The number of rotatable bonds is 6. The number of carbonyl (C=O) groups is 2. The van der Waals surface area contributed by atoms with Gasteiger partial charge in [-0.05, 0) is 42.5 Å². The Kier molecular flexibility index (Phi) is 6.05.